The van der Waals surface area contributed by atoms with Crippen molar-refractivity contribution < 1.29 is 19.4 Å². The third-order valence-corrected chi connectivity index (χ3v) is 3.64. The van der Waals surface area contributed by atoms with E-state index in [0.717, 1.165) is 0 Å². The van der Waals surface area contributed by atoms with Crippen molar-refractivity contribution in [3.8, 4) is 0 Å². The van der Waals surface area contributed by atoms with Crippen LogP contribution in [0, 0.1) is 5.41 Å². The summed E-state index contributed by atoms with van der Waals surface area (Å²) in [6.45, 7) is 4.29. The first kappa shape index (κ1) is 14.9. The fraction of sp³-hybridized carbons (Fsp3) is 0.833. The molecule has 8 nitrogen and oxygen atoms in total. The molecule has 1 aliphatic heterocycles. The molecule has 112 valence electrons. The minimum atomic E-state index is -0.839. The van der Waals surface area contributed by atoms with Crippen LogP contribution in [0.3, 0.4) is 0 Å². The number of carbonyl (C=O) groups is 1. The molecule has 0 bridgehead atoms. The normalized spacial score (nSPS) is 18.1. The van der Waals surface area contributed by atoms with E-state index < -0.39 is 11.4 Å². The molecule has 0 radical (unpaired) electrons. The Morgan fingerprint density at radius 1 is 1.50 bits per heavy atom. The Kier molecular flexibility index (Phi) is 5.02. The van der Waals surface area contributed by atoms with Crippen LogP contribution >= 0.6 is 0 Å². The van der Waals surface area contributed by atoms with Crippen LogP contribution < -0.4 is 0 Å². The number of nitrogens with zero attached hydrogens (tertiary/aromatic N) is 4. The van der Waals surface area contributed by atoms with Crippen LogP contribution in [-0.2, 0) is 27.2 Å². The summed E-state index contributed by atoms with van der Waals surface area (Å²) in [5.41, 5.74) is -0.839. The van der Waals surface area contributed by atoms with Crippen molar-refractivity contribution in [2.24, 2.45) is 5.41 Å². The molecule has 0 saturated carbocycles. The highest BCUT2D eigenvalue weighted by molar-refractivity contribution is 5.74. The van der Waals surface area contributed by atoms with Crippen LogP contribution in [0.2, 0.25) is 0 Å². The molecule has 8 heteroatoms. The van der Waals surface area contributed by atoms with E-state index in [1.807, 2.05) is 6.92 Å². The molecule has 1 N–H and O–H groups in total. The van der Waals surface area contributed by atoms with Crippen LogP contribution in [-0.4, -0.2) is 57.7 Å². The second-order valence-corrected chi connectivity index (χ2v) is 4.90. The minimum Gasteiger partial charge on any atom is -0.481 e. The van der Waals surface area contributed by atoms with Crippen LogP contribution in [0.15, 0.2) is 0 Å². The third-order valence-electron chi connectivity index (χ3n) is 3.64. The van der Waals surface area contributed by atoms with Gasteiger partial charge in [0.2, 0.25) is 0 Å². The van der Waals surface area contributed by atoms with Gasteiger partial charge in [-0.25, -0.2) is 4.68 Å². The molecule has 2 heterocycles. The summed E-state index contributed by atoms with van der Waals surface area (Å²) in [5, 5.41) is 21.0. The summed E-state index contributed by atoms with van der Waals surface area (Å²) in [4.78, 5) is 11.6. The maximum atomic E-state index is 11.6. The van der Waals surface area contributed by atoms with E-state index in [0.29, 0.717) is 51.5 Å². The molecule has 1 aliphatic rings. The van der Waals surface area contributed by atoms with Crippen LogP contribution in [0.5, 0.6) is 0 Å². The minimum absolute atomic E-state index is 0.278. The first-order valence-electron chi connectivity index (χ1n) is 6.82. The van der Waals surface area contributed by atoms with E-state index in [2.05, 4.69) is 15.5 Å². The zero-order chi connectivity index (χ0) is 14.4. The lowest BCUT2D eigenvalue weighted by atomic mass is 9.80. The zero-order valence-electron chi connectivity index (χ0n) is 11.6. The Morgan fingerprint density at radius 3 is 2.90 bits per heavy atom. The molecular formula is C12H20N4O4. The average Bonchev–Trinajstić information content (AvgIpc) is 2.87. The molecule has 0 amide bonds. The second-order valence-electron chi connectivity index (χ2n) is 4.90. The number of hydrogen-bond donors (Lipinski definition) is 1. The number of rotatable bonds is 7. The van der Waals surface area contributed by atoms with Crippen LogP contribution in [0.4, 0.5) is 0 Å². The standard InChI is InChI=1S/C12H20N4O4/c1-2-19-6-3-10-13-14-15-16(10)9-12(11(17)18)4-7-20-8-5-12/h2-9H2,1H3,(H,17,18). The van der Waals surface area contributed by atoms with Crippen LogP contribution in [0.25, 0.3) is 0 Å². The molecule has 0 unspecified atom stereocenters. The summed E-state index contributed by atoms with van der Waals surface area (Å²) in [7, 11) is 0. The van der Waals surface area contributed by atoms with Crippen molar-refractivity contribution in [3.63, 3.8) is 0 Å². The number of tetrazole rings is 1. The topological polar surface area (TPSA) is 99.4 Å². The van der Waals surface area contributed by atoms with Gasteiger partial charge in [-0.15, -0.1) is 5.10 Å². The number of ether oxygens (including phenoxy) is 2. The van der Waals surface area contributed by atoms with Gasteiger partial charge in [0, 0.05) is 26.2 Å². The van der Waals surface area contributed by atoms with Crippen molar-refractivity contribution in [2.45, 2.75) is 32.7 Å². The highest BCUT2D eigenvalue weighted by Gasteiger charge is 2.41. The smallest absolute Gasteiger partial charge is 0.311 e. The van der Waals surface area contributed by atoms with E-state index in [1.54, 1.807) is 4.68 Å². The summed E-state index contributed by atoms with van der Waals surface area (Å²) < 4.78 is 12.1. The lowest BCUT2D eigenvalue weighted by Crippen LogP contribution is -2.41. The van der Waals surface area contributed by atoms with Crippen molar-refractivity contribution in [3.05, 3.63) is 5.82 Å². The van der Waals surface area contributed by atoms with Crippen molar-refractivity contribution >= 4 is 5.97 Å². The number of carboxylic acid groups (broad SMARTS) is 1. The number of aromatic nitrogens is 4. The van der Waals surface area contributed by atoms with Gasteiger partial charge in [-0.1, -0.05) is 0 Å². The third kappa shape index (κ3) is 3.31. The van der Waals surface area contributed by atoms with Gasteiger partial charge in [-0.3, -0.25) is 4.79 Å². The molecular weight excluding hydrogens is 264 g/mol. The Morgan fingerprint density at radius 2 is 2.25 bits per heavy atom. The van der Waals surface area contributed by atoms with Crippen LogP contribution in [0.1, 0.15) is 25.6 Å². The number of carboxylic acids is 1. The Balaban J connectivity index is 2.07. The maximum Gasteiger partial charge on any atom is 0.311 e. The fourth-order valence-electron chi connectivity index (χ4n) is 2.32. The van der Waals surface area contributed by atoms with Gasteiger partial charge in [0.25, 0.3) is 0 Å². The van der Waals surface area contributed by atoms with E-state index in [-0.39, 0.29) is 6.54 Å². The van der Waals surface area contributed by atoms with Gasteiger partial charge in [-0.05, 0) is 30.2 Å². The van der Waals surface area contributed by atoms with Gasteiger partial charge < -0.3 is 14.6 Å². The molecule has 0 aliphatic carbocycles. The molecule has 0 spiro atoms. The monoisotopic (exact) mass is 284 g/mol. The first-order valence-corrected chi connectivity index (χ1v) is 6.82. The van der Waals surface area contributed by atoms with Gasteiger partial charge >= 0.3 is 5.97 Å². The van der Waals surface area contributed by atoms with E-state index in [9.17, 15) is 9.90 Å². The Labute approximate surface area is 117 Å². The molecule has 0 atom stereocenters. The first-order chi connectivity index (χ1) is 9.68. The lowest BCUT2D eigenvalue weighted by Gasteiger charge is -2.32. The molecule has 1 saturated heterocycles. The predicted octanol–water partition coefficient (Wildman–Crippen LogP) is 0.133. The highest BCUT2D eigenvalue weighted by atomic mass is 16.5. The Hall–Kier alpha value is -1.54. The van der Waals surface area contributed by atoms with Gasteiger partial charge in [0.1, 0.15) is 0 Å². The van der Waals surface area contributed by atoms with Crippen molar-refractivity contribution in [1.82, 2.24) is 20.2 Å². The molecule has 1 fully saturated rings. The molecule has 1 aromatic heterocycles. The quantitative estimate of drug-likeness (QED) is 0.710. The van der Waals surface area contributed by atoms with E-state index in [1.165, 1.54) is 0 Å². The van der Waals surface area contributed by atoms with E-state index >= 15 is 0 Å². The SMILES string of the molecule is CCOCCc1nnnn1CC1(C(=O)O)CCOCC1. The molecule has 2 rings (SSSR count). The molecule has 1 aromatic rings. The van der Waals surface area contributed by atoms with E-state index in [4.69, 9.17) is 9.47 Å². The summed E-state index contributed by atoms with van der Waals surface area (Å²) in [5.74, 6) is -0.155. The summed E-state index contributed by atoms with van der Waals surface area (Å²) >= 11 is 0. The van der Waals surface area contributed by atoms with Gasteiger partial charge in [0.15, 0.2) is 5.82 Å². The lowest BCUT2D eigenvalue weighted by molar-refractivity contribution is -0.156. The second kappa shape index (κ2) is 6.76. The highest BCUT2D eigenvalue weighted by Crippen LogP contribution is 2.32. The molecule has 0 aromatic carbocycles. The maximum absolute atomic E-state index is 11.6. The predicted molar refractivity (Wildman–Crippen MR) is 68.1 cm³/mol. The fourth-order valence-corrected chi connectivity index (χ4v) is 2.32. The number of hydrogen-bond acceptors (Lipinski definition) is 6. The summed E-state index contributed by atoms with van der Waals surface area (Å²) in [6, 6.07) is 0. The largest absolute Gasteiger partial charge is 0.481 e. The number of aliphatic carboxylic acids is 1. The van der Waals surface area contributed by atoms with Gasteiger partial charge in [-0.2, -0.15) is 0 Å². The Bertz CT molecular complexity index is 442. The van der Waals surface area contributed by atoms with Crippen molar-refractivity contribution in [2.75, 3.05) is 26.4 Å². The van der Waals surface area contributed by atoms with Crippen molar-refractivity contribution in [1.29, 1.82) is 0 Å². The molecule has 20 heavy (non-hydrogen) atoms. The zero-order valence-corrected chi connectivity index (χ0v) is 11.6. The average molecular weight is 284 g/mol. The summed E-state index contributed by atoms with van der Waals surface area (Å²) in [6.07, 6.45) is 1.53. The van der Waals surface area contributed by atoms with Gasteiger partial charge in [0.05, 0.1) is 18.6 Å².